The van der Waals surface area contributed by atoms with Crippen LogP contribution in [0.4, 0.5) is 32.4 Å². The monoisotopic (exact) mass is 625 g/mol. The smallest absolute Gasteiger partial charge is 0.490 e. The van der Waals surface area contributed by atoms with E-state index in [1.807, 2.05) is 12.1 Å². The van der Waals surface area contributed by atoms with Crippen LogP contribution in [0.2, 0.25) is 0 Å². The molecule has 2 aliphatic rings. The molecule has 5 rings (SSSR count). The topological polar surface area (TPSA) is 113 Å². The summed E-state index contributed by atoms with van der Waals surface area (Å²) in [5.41, 5.74) is 2.41. The van der Waals surface area contributed by atoms with Gasteiger partial charge in [-0.05, 0) is 68.1 Å². The second-order valence-corrected chi connectivity index (χ2v) is 10.6. The van der Waals surface area contributed by atoms with Gasteiger partial charge in [0, 0.05) is 41.4 Å². The largest absolute Gasteiger partial charge is 0.493 e. The molecule has 2 aromatic carbocycles. The molecular weight excluding hydrogens is 593 g/mol. The number of rotatable bonds is 7. The number of amides is 2. The molecule has 2 heterocycles. The summed E-state index contributed by atoms with van der Waals surface area (Å²) in [6, 6.07) is 11.1. The summed E-state index contributed by atoms with van der Waals surface area (Å²) in [7, 11) is 3.27. The highest BCUT2D eigenvalue weighted by atomic mass is 19.4. The quantitative estimate of drug-likeness (QED) is 0.272. The minimum atomic E-state index is -5.08. The fourth-order valence-corrected chi connectivity index (χ4v) is 5.99. The molecule has 44 heavy (non-hydrogen) atoms. The Morgan fingerprint density at radius 1 is 1.05 bits per heavy atom. The lowest BCUT2D eigenvalue weighted by atomic mass is 9.65. The van der Waals surface area contributed by atoms with Crippen LogP contribution in [-0.4, -0.2) is 61.0 Å². The highest BCUT2D eigenvalue weighted by molar-refractivity contribution is 5.89. The Hall–Kier alpha value is -4.33. The molecule has 0 unspecified atom stereocenters. The average Bonchev–Trinajstić information content (AvgIpc) is 3.63. The number of hydrogen-bond acceptors (Lipinski definition) is 6. The first-order chi connectivity index (χ1) is 20.9. The highest BCUT2D eigenvalue weighted by Crippen LogP contribution is 2.50. The van der Waals surface area contributed by atoms with Crippen molar-refractivity contribution in [3.05, 3.63) is 77.8 Å². The van der Waals surface area contributed by atoms with Crippen molar-refractivity contribution < 1.29 is 50.5 Å². The summed E-state index contributed by atoms with van der Waals surface area (Å²) >= 11 is 0. The predicted octanol–water partition coefficient (Wildman–Crippen LogP) is 6.09. The number of benzene rings is 2. The van der Waals surface area contributed by atoms with Crippen LogP contribution in [0.25, 0.3) is 0 Å². The van der Waals surface area contributed by atoms with Crippen molar-refractivity contribution in [2.75, 3.05) is 26.1 Å². The summed E-state index contributed by atoms with van der Waals surface area (Å²) in [5, 5.41) is 12.8. The van der Waals surface area contributed by atoms with Crippen LogP contribution in [0, 0.1) is 11.6 Å². The van der Waals surface area contributed by atoms with Gasteiger partial charge in [0.1, 0.15) is 0 Å². The molecule has 0 bridgehead atoms. The molecule has 1 aliphatic heterocycles. The number of fused-ring (bicyclic) bond motifs is 1. The Morgan fingerprint density at radius 2 is 1.77 bits per heavy atom. The molecule has 0 radical (unpaired) electrons. The van der Waals surface area contributed by atoms with E-state index in [1.54, 1.807) is 26.7 Å². The third-order valence-electron chi connectivity index (χ3n) is 8.05. The summed E-state index contributed by atoms with van der Waals surface area (Å²) in [4.78, 5) is 24.1. The van der Waals surface area contributed by atoms with Gasteiger partial charge >= 0.3 is 18.2 Å². The van der Waals surface area contributed by atoms with Crippen LogP contribution in [0.15, 0.2) is 59.4 Å². The lowest BCUT2D eigenvalue weighted by Gasteiger charge is -2.45. The summed E-state index contributed by atoms with van der Waals surface area (Å²) < 4.78 is 74.9. The molecule has 2 fully saturated rings. The molecule has 1 aliphatic carbocycles. The van der Waals surface area contributed by atoms with Crippen molar-refractivity contribution in [3.63, 3.8) is 0 Å². The number of halogens is 5. The first-order valence-corrected chi connectivity index (χ1v) is 13.7. The van der Waals surface area contributed by atoms with Gasteiger partial charge in [0.15, 0.2) is 23.1 Å². The number of furan rings is 1. The van der Waals surface area contributed by atoms with E-state index in [9.17, 15) is 26.7 Å². The Morgan fingerprint density at radius 3 is 2.39 bits per heavy atom. The van der Waals surface area contributed by atoms with Gasteiger partial charge in [-0.2, -0.15) is 13.2 Å². The number of alkyl halides is 3. The van der Waals surface area contributed by atoms with Crippen LogP contribution in [0.5, 0.6) is 11.5 Å². The number of urea groups is 1. The van der Waals surface area contributed by atoms with Gasteiger partial charge in [-0.3, -0.25) is 4.90 Å². The second-order valence-electron chi connectivity index (χ2n) is 10.6. The number of hydrogen-bond donors (Lipinski definition) is 3. The maximum absolute atomic E-state index is 13.6. The molecule has 14 heteroatoms. The van der Waals surface area contributed by atoms with Crippen LogP contribution in [0.1, 0.15) is 36.8 Å². The van der Waals surface area contributed by atoms with E-state index in [2.05, 4.69) is 27.7 Å². The molecule has 3 atom stereocenters. The molecule has 1 saturated carbocycles. The Bertz CT molecular complexity index is 1450. The molecule has 9 nitrogen and oxygen atoms in total. The SMILES string of the molecule is COc1ccc([C@@]23CC[C@@H](NC(=O)Nc4ccc(F)c(F)c4)C[C@@H]2N(Cc2ccoc2)CC3)cc1OC.O=C(O)C(F)(F)F. The van der Waals surface area contributed by atoms with Crippen LogP contribution in [-0.2, 0) is 16.8 Å². The summed E-state index contributed by atoms with van der Waals surface area (Å²) in [6.07, 6.45) is 1.77. The van der Waals surface area contributed by atoms with Gasteiger partial charge in [0.05, 0.1) is 26.7 Å². The standard InChI is InChI=1S/C28H31F2N3O4.C2HF3O2/c1-35-24-6-3-19(13-25(24)36-2)28-9-7-21(32-27(34)31-20-4-5-22(29)23(30)14-20)15-26(28)33(11-10-28)16-18-8-12-37-17-18;3-2(4,5)1(6)7/h3-6,8,12-14,17,21,26H,7,9-11,15-16H2,1-2H3,(H2,31,32,34);(H,6,7)/t21-,26+,28+;/m1./s1. The van der Waals surface area contributed by atoms with E-state index < -0.39 is 29.8 Å². The van der Waals surface area contributed by atoms with Crippen molar-refractivity contribution in [2.45, 2.75) is 55.9 Å². The lowest BCUT2D eigenvalue weighted by molar-refractivity contribution is -0.192. The predicted molar refractivity (Wildman–Crippen MR) is 149 cm³/mol. The van der Waals surface area contributed by atoms with E-state index in [-0.39, 0.29) is 23.2 Å². The number of anilines is 1. The maximum atomic E-state index is 13.6. The van der Waals surface area contributed by atoms with Gasteiger partial charge in [0.25, 0.3) is 0 Å². The molecule has 1 saturated heterocycles. The minimum Gasteiger partial charge on any atom is -0.493 e. The molecule has 0 spiro atoms. The van der Waals surface area contributed by atoms with Gasteiger partial charge in [0.2, 0.25) is 0 Å². The highest BCUT2D eigenvalue weighted by Gasteiger charge is 2.51. The lowest BCUT2D eigenvalue weighted by Crippen LogP contribution is -2.52. The normalized spacial score (nSPS) is 21.4. The second kappa shape index (κ2) is 13.5. The van der Waals surface area contributed by atoms with Crippen LogP contribution >= 0.6 is 0 Å². The zero-order valence-electron chi connectivity index (χ0n) is 23.9. The first kappa shape index (κ1) is 32.6. The Kier molecular flexibility index (Phi) is 10.0. The zero-order valence-corrected chi connectivity index (χ0v) is 23.9. The number of carbonyl (C=O) groups excluding carboxylic acids is 1. The van der Waals surface area contributed by atoms with Gasteiger partial charge in [-0.25, -0.2) is 18.4 Å². The van der Waals surface area contributed by atoms with E-state index in [1.165, 1.54) is 11.6 Å². The molecular formula is C30H32F5N3O6. The summed E-state index contributed by atoms with van der Waals surface area (Å²) in [5.74, 6) is -3.32. The number of nitrogens with one attached hydrogen (secondary N) is 2. The molecule has 3 N–H and O–H groups in total. The third-order valence-corrected chi connectivity index (χ3v) is 8.05. The number of carboxylic acids is 1. The van der Waals surface area contributed by atoms with E-state index in [0.29, 0.717) is 11.5 Å². The fraction of sp³-hybridized carbons (Fsp3) is 0.400. The molecule has 3 aromatic rings. The number of ether oxygens (including phenoxy) is 2. The van der Waals surface area contributed by atoms with Crippen LogP contribution < -0.4 is 20.1 Å². The number of carboxylic acid groups (broad SMARTS) is 1. The van der Waals surface area contributed by atoms with Gasteiger partial charge in [-0.15, -0.1) is 0 Å². The number of aliphatic carboxylic acids is 1. The average molecular weight is 626 g/mol. The molecule has 1 aromatic heterocycles. The Balaban J connectivity index is 0.000000566. The Labute approximate surface area is 249 Å². The van der Waals surface area contributed by atoms with E-state index in [4.69, 9.17) is 23.8 Å². The molecule has 238 valence electrons. The van der Waals surface area contributed by atoms with Gasteiger partial charge < -0.3 is 29.6 Å². The zero-order chi connectivity index (χ0) is 32.1. The number of nitrogens with zero attached hydrogens (tertiary/aromatic N) is 1. The van der Waals surface area contributed by atoms with Crippen molar-refractivity contribution in [1.29, 1.82) is 0 Å². The maximum Gasteiger partial charge on any atom is 0.490 e. The van der Waals surface area contributed by atoms with Crippen molar-refractivity contribution in [2.24, 2.45) is 0 Å². The van der Waals surface area contributed by atoms with Crippen LogP contribution in [0.3, 0.4) is 0 Å². The fourth-order valence-electron chi connectivity index (χ4n) is 5.99. The first-order valence-electron chi connectivity index (χ1n) is 13.7. The number of carbonyl (C=O) groups is 2. The van der Waals surface area contributed by atoms with Crippen molar-refractivity contribution in [3.8, 4) is 11.5 Å². The van der Waals surface area contributed by atoms with Gasteiger partial charge in [-0.1, -0.05) is 6.07 Å². The van der Waals surface area contributed by atoms with Crippen molar-refractivity contribution in [1.82, 2.24) is 10.2 Å². The van der Waals surface area contributed by atoms with Crippen molar-refractivity contribution >= 4 is 17.7 Å². The van der Waals surface area contributed by atoms with E-state index in [0.717, 1.165) is 56.5 Å². The minimum absolute atomic E-state index is 0.0755. The summed E-state index contributed by atoms with van der Waals surface area (Å²) in [6.45, 7) is 1.67. The molecule has 2 amide bonds. The number of methoxy groups -OCH3 is 2. The van der Waals surface area contributed by atoms with E-state index >= 15 is 0 Å². The number of likely N-dealkylation sites (tertiary alicyclic amines) is 1. The third kappa shape index (κ3) is 7.41.